The van der Waals surface area contributed by atoms with Gasteiger partial charge in [0.1, 0.15) is 0 Å². The Hall–Kier alpha value is -1.81. The van der Waals surface area contributed by atoms with Crippen molar-refractivity contribution in [3.63, 3.8) is 0 Å². The molecule has 5 heteroatoms. The average Bonchev–Trinajstić information content (AvgIpc) is 2.65. The van der Waals surface area contributed by atoms with Crippen LogP contribution in [0.4, 0.5) is 5.95 Å². The standard InChI is InChI=1S/C11H10ClN3O/c1-15-7-6-13-11(15)14-10(16)8-4-2-3-5-9(8)12/h2-7H,1H3,(H,13,14,16). The second kappa shape index (κ2) is 4.37. The zero-order valence-corrected chi connectivity index (χ0v) is 9.40. The number of aromatic nitrogens is 2. The molecule has 4 nitrogen and oxygen atoms in total. The number of hydrogen-bond acceptors (Lipinski definition) is 2. The summed E-state index contributed by atoms with van der Waals surface area (Å²) in [7, 11) is 1.80. The summed E-state index contributed by atoms with van der Waals surface area (Å²) in [6, 6.07) is 6.88. The van der Waals surface area contributed by atoms with Crippen LogP contribution in [0.15, 0.2) is 36.7 Å². The van der Waals surface area contributed by atoms with Crippen molar-refractivity contribution < 1.29 is 4.79 Å². The first kappa shape index (κ1) is 10.7. The number of imidazole rings is 1. The quantitative estimate of drug-likeness (QED) is 0.869. The Bertz CT molecular complexity index is 521. The van der Waals surface area contributed by atoms with Crippen molar-refractivity contribution in [3.05, 3.63) is 47.2 Å². The molecule has 0 radical (unpaired) electrons. The molecule has 82 valence electrons. The Balaban J connectivity index is 2.22. The number of halogens is 1. The summed E-state index contributed by atoms with van der Waals surface area (Å²) in [5.74, 6) is 0.227. The van der Waals surface area contributed by atoms with Gasteiger partial charge in [0, 0.05) is 19.4 Å². The molecule has 0 aliphatic rings. The fourth-order valence-electron chi connectivity index (χ4n) is 1.30. The normalized spacial score (nSPS) is 10.1. The second-order valence-corrected chi connectivity index (χ2v) is 3.70. The van der Waals surface area contributed by atoms with Crippen LogP contribution in [-0.4, -0.2) is 15.5 Å². The summed E-state index contributed by atoms with van der Waals surface area (Å²) in [6.45, 7) is 0. The maximum atomic E-state index is 11.8. The van der Waals surface area contributed by atoms with Gasteiger partial charge in [0.25, 0.3) is 5.91 Å². The number of benzene rings is 1. The highest BCUT2D eigenvalue weighted by molar-refractivity contribution is 6.34. The smallest absolute Gasteiger partial charge is 0.259 e. The van der Waals surface area contributed by atoms with Gasteiger partial charge in [0.15, 0.2) is 0 Å². The van der Waals surface area contributed by atoms with E-state index < -0.39 is 0 Å². The van der Waals surface area contributed by atoms with Gasteiger partial charge in [-0.3, -0.25) is 10.1 Å². The first-order chi connectivity index (χ1) is 7.68. The van der Waals surface area contributed by atoms with E-state index in [1.165, 1.54) is 0 Å². The monoisotopic (exact) mass is 235 g/mol. The van der Waals surface area contributed by atoms with E-state index in [1.54, 1.807) is 48.3 Å². The number of anilines is 1. The van der Waals surface area contributed by atoms with Gasteiger partial charge < -0.3 is 4.57 Å². The van der Waals surface area contributed by atoms with E-state index in [-0.39, 0.29) is 5.91 Å². The van der Waals surface area contributed by atoms with Crippen LogP contribution < -0.4 is 5.32 Å². The van der Waals surface area contributed by atoms with Crippen LogP contribution in [0.3, 0.4) is 0 Å². The fourth-order valence-corrected chi connectivity index (χ4v) is 1.52. The van der Waals surface area contributed by atoms with Gasteiger partial charge in [-0.15, -0.1) is 0 Å². The maximum absolute atomic E-state index is 11.8. The largest absolute Gasteiger partial charge is 0.320 e. The van der Waals surface area contributed by atoms with Crippen molar-refractivity contribution in [2.45, 2.75) is 0 Å². The van der Waals surface area contributed by atoms with Gasteiger partial charge in [0.2, 0.25) is 5.95 Å². The molecule has 0 fully saturated rings. The van der Waals surface area contributed by atoms with E-state index in [9.17, 15) is 4.79 Å². The number of carbonyl (C=O) groups excluding carboxylic acids is 1. The Kier molecular flexibility index (Phi) is 2.92. The van der Waals surface area contributed by atoms with Crippen LogP contribution in [0.1, 0.15) is 10.4 Å². The number of carbonyl (C=O) groups is 1. The van der Waals surface area contributed by atoms with Crippen molar-refractivity contribution in [3.8, 4) is 0 Å². The first-order valence-corrected chi connectivity index (χ1v) is 5.09. The minimum Gasteiger partial charge on any atom is -0.320 e. The number of nitrogens with one attached hydrogen (secondary N) is 1. The number of amides is 1. The third-order valence-corrected chi connectivity index (χ3v) is 2.49. The summed E-state index contributed by atoms with van der Waals surface area (Å²) in [6.07, 6.45) is 3.37. The lowest BCUT2D eigenvalue weighted by atomic mass is 10.2. The number of hydrogen-bond donors (Lipinski definition) is 1. The average molecular weight is 236 g/mol. The summed E-state index contributed by atoms with van der Waals surface area (Å²) in [5.41, 5.74) is 0.437. The molecule has 1 N–H and O–H groups in total. The lowest BCUT2D eigenvalue weighted by molar-refractivity contribution is 0.102. The third kappa shape index (κ3) is 2.06. The number of nitrogens with zero attached hydrogens (tertiary/aromatic N) is 2. The SMILES string of the molecule is Cn1ccnc1NC(=O)c1ccccc1Cl. The van der Waals surface area contributed by atoms with Crippen molar-refractivity contribution >= 4 is 23.5 Å². The molecule has 0 aliphatic heterocycles. The van der Waals surface area contributed by atoms with Gasteiger partial charge in [-0.2, -0.15) is 0 Å². The predicted molar refractivity (Wildman–Crippen MR) is 62.6 cm³/mol. The van der Waals surface area contributed by atoms with Crippen molar-refractivity contribution in [2.24, 2.45) is 7.05 Å². The van der Waals surface area contributed by atoms with Crippen LogP contribution >= 0.6 is 11.6 Å². The molecule has 0 saturated carbocycles. The van der Waals surface area contributed by atoms with E-state index in [1.807, 2.05) is 0 Å². The van der Waals surface area contributed by atoms with Gasteiger partial charge >= 0.3 is 0 Å². The zero-order chi connectivity index (χ0) is 11.5. The maximum Gasteiger partial charge on any atom is 0.259 e. The molecule has 1 aromatic heterocycles. The highest BCUT2D eigenvalue weighted by Crippen LogP contribution is 2.16. The Morgan fingerprint density at radius 1 is 1.44 bits per heavy atom. The fraction of sp³-hybridized carbons (Fsp3) is 0.0909. The molecule has 2 rings (SSSR count). The van der Waals surface area contributed by atoms with Gasteiger partial charge in [-0.1, -0.05) is 23.7 Å². The molecule has 1 heterocycles. The molecule has 0 atom stereocenters. The van der Waals surface area contributed by atoms with Crippen molar-refractivity contribution in [1.82, 2.24) is 9.55 Å². The lowest BCUT2D eigenvalue weighted by Gasteiger charge is -2.05. The van der Waals surface area contributed by atoms with Crippen LogP contribution in [-0.2, 0) is 7.05 Å². The summed E-state index contributed by atoms with van der Waals surface area (Å²) in [4.78, 5) is 15.8. The second-order valence-electron chi connectivity index (χ2n) is 3.30. The first-order valence-electron chi connectivity index (χ1n) is 4.71. The third-order valence-electron chi connectivity index (χ3n) is 2.16. The number of aryl methyl sites for hydroxylation is 1. The predicted octanol–water partition coefficient (Wildman–Crippen LogP) is 2.33. The van der Waals surface area contributed by atoms with Crippen molar-refractivity contribution in [1.29, 1.82) is 0 Å². The van der Waals surface area contributed by atoms with E-state index in [0.29, 0.717) is 16.5 Å². The van der Waals surface area contributed by atoms with Gasteiger partial charge in [0.05, 0.1) is 10.6 Å². The molecular weight excluding hydrogens is 226 g/mol. The van der Waals surface area contributed by atoms with E-state index in [0.717, 1.165) is 0 Å². The highest BCUT2D eigenvalue weighted by Gasteiger charge is 2.11. The topological polar surface area (TPSA) is 46.9 Å². The van der Waals surface area contributed by atoms with E-state index >= 15 is 0 Å². The minimum absolute atomic E-state index is 0.264. The molecule has 1 amide bonds. The van der Waals surface area contributed by atoms with Crippen molar-refractivity contribution in [2.75, 3.05) is 5.32 Å². The Morgan fingerprint density at radius 3 is 2.81 bits per heavy atom. The van der Waals surface area contributed by atoms with Crippen LogP contribution in [0.5, 0.6) is 0 Å². The molecular formula is C11H10ClN3O. The summed E-state index contributed by atoms with van der Waals surface area (Å²) >= 11 is 5.91. The molecule has 0 aliphatic carbocycles. The van der Waals surface area contributed by atoms with Gasteiger partial charge in [-0.05, 0) is 12.1 Å². The zero-order valence-electron chi connectivity index (χ0n) is 8.64. The minimum atomic E-state index is -0.264. The molecule has 0 saturated heterocycles. The molecule has 0 unspecified atom stereocenters. The van der Waals surface area contributed by atoms with Crippen LogP contribution in [0.25, 0.3) is 0 Å². The summed E-state index contributed by atoms with van der Waals surface area (Å²) < 4.78 is 1.72. The van der Waals surface area contributed by atoms with Gasteiger partial charge in [-0.25, -0.2) is 4.98 Å². The molecule has 1 aromatic carbocycles. The summed E-state index contributed by atoms with van der Waals surface area (Å²) in [5, 5.41) is 3.10. The number of rotatable bonds is 2. The lowest BCUT2D eigenvalue weighted by Crippen LogP contribution is -2.15. The van der Waals surface area contributed by atoms with Crippen LogP contribution in [0, 0.1) is 0 Å². The molecule has 0 spiro atoms. The Labute approximate surface area is 97.9 Å². The van der Waals surface area contributed by atoms with Crippen LogP contribution in [0.2, 0.25) is 5.02 Å². The molecule has 16 heavy (non-hydrogen) atoms. The highest BCUT2D eigenvalue weighted by atomic mass is 35.5. The van der Waals surface area contributed by atoms with E-state index in [4.69, 9.17) is 11.6 Å². The molecule has 0 bridgehead atoms. The molecule has 2 aromatic rings. The Morgan fingerprint density at radius 2 is 2.19 bits per heavy atom. The van der Waals surface area contributed by atoms with E-state index in [2.05, 4.69) is 10.3 Å².